The Morgan fingerprint density at radius 3 is 2.00 bits per heavy atom. The maximum atomic E-state index is 3.54. The molecule has 0 aliphatic heterocycles. The van der Waals surface area contributed by atoms with Crippen LogP contribution in [-0.4, -0.2) is 12.6 Å². The molecule has 0 amide bonds. The fourth-order valence-electron chi connectivity index (χ4n) is 2.38. The summed E-state index contributed by atoms with van der Waals surface area (Å²) in [5.74, 6) is 1.27. The Morgan fingerprint density at radius 2 is 1.44 bits per heavy atom. The predicted molar refractivity (Wildman–Crippen MR) is 81.4 cm³/mol. The molecule has 0 spiro atoms. The monoisotopic (exact) mass is 247 g/mol. The molecule has 1 rings (SSSR count). The van der Waals surface area contributed by atoms with Gasteiger partial charge in [0.2, 0.25) is 0 Å². The molecule has 1 aromatic rings. The minimum Gasteiger partial charge on any atom is -0.314 e. The molecule has 0 saturated carbocycles. The van der Waals surface area contributed by atoms with Crippen molar-refractivity contribution in [3.8, 4) is 0 Å². The number of hydrogen-bond donors (Lipinski definition) is 1. The molecular formula is C17H29N. The lowest BCUT2D eigenvalue weighted by Gasteiger charge is -2.24. The van der Waals surface area contributed by atoms with E-state index < -0.39 is 0 Å². The normalized spacial score (nSPS) is 14.9. The molecule has 2 unspecified atom stereocenters. The molecule has 0 aromatic heterocycles. The first-order valence-electron chi connectivity index (χ1n) is 7.14. The van der Waals surface area contributed by atoms with E-state index in [-0.39, 0.29) is 0 Å². The Bertz CT molecular complexity index is 393. The molecule has 2 atom stereocenters. The maximum absolute atomic E-state index is 3.54. The zero-order valence-electron chi connectivity index (χ0n) is 13.1. The van der Waals surface area contributed by atoms with Gasteiger partial charge >= 0.3 is 0 Å². The van der Waals surface area contributed by atoms with Crippen molar-refractivity contribution in [2.24, 2.45) is 5.92 Å². The minimum atomic E-state index is 0.570. The largest absolute Gasteiger partial charge is 0.314 e. The first-order chi connectivity index (χ1) is 8.32. The van der Waals surface area contributed by atoms with Crippen molar-refractivity contribution in [3.63, 3.8) is 0 Å². The van der Waals surface area contributed by atoms with E-state index in [9.17, 15) is 0 Å². The highest BCUT2D eigenvalue weighted by Crippen LogP contribution is 2.28. The molecule has 0 bridgehead atoms. The Balaban J connectivity index is 2.83. The van der Waals surface area contributed by atoms with Crippen molar-refractivity contribution in [2.75, 3.05) is 6.54 Å². The molecule has 102 valence electrons. The van der Waals surface area contributed by atoms with Gasteiger partial charge in [0.1, 0.15) is 0 Å². The van der Waals surface area contributed by atoms with Crippen molar-refractivity contribution in [2.45, 2.75) is 60.4 Å². The predicted octanol–water partition coefficient (Wildman–Crippen LogP) is 4.35. The van der Waals surface area contributed by atoms with Crippen LogP contribution in [0.15, 0.2) is 12.1 Å². The van der Waals surface area contributed by atoms with Gasteiger partial charge in [0.25, 0.3) is 0 Å². The van der Waals surface area contributed by atoms with Crippen LogP contribution in [0.1, 0.15) is 55.9 Å². The lowest BCUT2D eigenvalue weighted by atomic mass is 9.84. The van der Waals surface area contributed by atoms with Gasteiger partial charge < -0.3 is 5.32 Å². The number of rotatable bonds is 5. The van der Waals surface area contributed by atoms with Crippen molar-refractivity contribution in [1.29, 1.82) is 0 Å². The lowest BCUT2D eigenvalue weighted by Crippen LogP contribution is -2.30. The lowest BCUT2D eigenvalue weighted by molar-refractivity contribution is 0.425. The van der Waals surface area contributed by atoms with Crippen molar-refractivity contribution >= 4 is 0 Å². The molecular weight excluding hydrogens is 218 g/mol. The summed E-state index contributed by atoms with van der Waals surface area (Å²) in [6, 6.07) is 5.27. The average molecular weight is 247 g/mol. The smallest absolute Gasteiger partial charge is 0.00104 e. The van der Waals surface area contributed by atoms with E-state index in [1.165, 1.54) is 22.3 Å². The molecule has 1 aromatic carbocycles. The number of hydrogen-bond acceptors (Lipinski definition) is 1. The summed E-state index contributed by atoms with van der Waals surface area (Å²) in [4.78, 5) is 0. The summed E-state index contributed by atoms with van der Waals surface area (Å²) >= 11 is 0. The third kappa shape index (κ3) is 3.84. The second kappa shape index (κ2) is 6.38. The van der Waals surface area contributed by atoms with Gasteiger partial charge in [0.15, 0.2) is 0 Å². The topological polar surface area (TPSA) is 12.0 Å². The Morgan fingerprint density at radius 1 is 0.889 bits per heavy atom. The molecule has 1 N–H and O–H groups in total. The molecule has 0 fully saturated rings. The summed E-state index contributed by atoms with van der Waals surface area (Å²) in [5.41, 5.74) is 5.75. The van der Waals surface area contributed by atoms with Crippen LogP contribution in [0.3, 0.4) is 0 Å². The van der Waals surface area contributed by atoms with E-state index in [2.05, 4.69) is 65.9 Å². The molecule has 0 radical (unpaired) electrons. The summed E-state index contributed by atoms with van der Waals surface area (Å²) in [7, 11) is 0. The van der Waals surface area contributed by atoms with Crippen LogP contribution in [-0.2, 0) is 0 Å². The maximum Gasteiger partial charge on any atom is 0.00104 e. The Hall–Kier alpha value is -0.820. The van der Waals surface area contributed by atoms with Crippen LogP contribution >= 0.6 is 0 Å². The highest BCUT2D eigenvalue weighted by Gasteiger charge is 2.17. The standard InChI is InChI=1S/C17H29N/c1-11(2)18-10-15(6)16(7)17-9-13(4)12(3)8-14(17)5/h8-9,11,15-16,18H,10H2,1-7H3. The third-order valence-corrected chi connectivity index (χ3v) is 4.07. The van der Waals surface area contributed by atoms with Crippen molar-refractivity contribution in [1.82, 2.24) is 5.32 Å². The van der Waals surface area contributed by atoms with Gasteiger partial charge in [-0.15, -0.1) is 0 Å². The summed E-state index contributed by atoms with van der Waals surface area (Å²) in [6.45, 7) is 16.8. The average Bonchev–Trinajstić information content (AvgIpc) is 2.29. The van der Waals surface area contributed by atoms with Gasteiger partial charge in [-0.05, 0) is 61.4 Å². The first-order valence-corrected chi connectivity index (χ1v) is 7.14. The highest BCUT2D eigenvalue weighted by molar-refractivity contribution is 5.38. The summed E-state index contributed by atoms with van der Waals surface area (Å²) < 4.78 is 0. The van der Waals surface area contributed by atoms with Crippen molar-refractivity contribution in [3.05, 3.63) is 34.4 Å². The quantitative estimate of drug-likeness (QED) is 0.815. The van der Waals surface area contributed by atoms with E-state index in [1.807, 2.05) is 0 Å². The highest BCUT2D eigenvalue weighted by atomic mass is 14.9. The van der Waals surface area contributed by atoms with Crippen LogP contribution in [0.4, 0.5) is 0 Å². The zero-order chi connectivity index (χ0) is 13.9. The zero-order valence-corrected chi connectivity index (χ0v) is 13.1. The molecule has 18 heavy (non-hydrogen) atoms. The van der Waals surface area contributed by atoms with Gasteiger partial charge in [-0.3, -0.25) is 0 Å². The molecule has 1 nitrogen and oxygen atoms in total. The van der Waals surface area contributed by atoms with E-state index in [1.54, 1.807) is 0 Å². The summed E-state index contributed by atoms with van der Waals surface area (Å²) in [6.07, 6.45) is 0. The molecule has 0 heterocycles. The van der Waals surface area contributed by atoms with Crippen LogP contribution in [0.25, 0.3) is 0 Å². The summed E-state index contributed by atoms with van der Waals surface area (Å²) in [5, 5.41) is 3.54. The fraction of sp³-hybridized carbons (Fsp3) is 0.647. The number of benzene rings is 1. The van der Waals surface area contributed by atoms with Gasteiger partial charge in [0, 0.05) is 6.04 Å². The second-order valence-corrected chi connectivity index (χ2v) is 6.12. The van der Waals surface area contributed by atoms with Crippen LogP contribution in [0.2, 0.25) is 0 Å². The molecule has 0 aliphatic carbocycles. The number of aryl methyl sites for hydroxylation is 3. The Kier molecular flexibility index (Phi) is 5.40. The molecule has 0 aliphatic rings. The van der Waals surface area contributed by atoms with Gasteiger partial charge in [-0.2, -0.15) is 0 Å². The third-order valence-electron chi connectivity index (χ3n) is 4.07. The van der Waals surface area contributed by atoms with Crippen molar-refractivity contribution < 1.29 is 0 Å². The number of nitrogens with one attached hydrogen (secondary N) is 1. The molecule has 1 heteroatoms. The Labute approximate surface area is 113 Å². The van der Waals surface area contributed by atoms with Gasteiger partial charge in [-0.1, -0.05) is 39.8 Å². The van der Waals surface area contributed by atoms with Crippen LogP contribution < -0.4 is 5.32 Å². The van der Waals surface area contributed by atoms with Gasteiger partial charge in [0.05, 0.1) is 0 Å². The SMILES string of the molecule is Cc1cc(C)c(C(C)C(C)CNC(C)C)cc1C. The van der Waals surface area contributed by atoms with E-state index in [4.69, 9.17) is 0 Å². The second-order valence-electron chi connectivity index (χ2n) is 6.12. The molecule has 0 saturated heterocycles. The van der Waals surface area contributed by atoms with Gasteiger partial charge in [-0.25, -0.2) is 0 Å². The van der Waals surface area contributed by atoms with E-state index >= 15 is 0 Å². The van der Waals surface area contributed by atoms with Crippen LogP contribution in [0.5, 0.6) is 0 Å². The van der Waals surface area contributed by atoms with E-state index in [0.717, 1.165) is 6.54 Å². The minimum absolute atomic E-state index is 0.570. The van der Waals surface area contributed by atoms with Crippen LogP contribution in [0, 0.1) is 26.7 Å². The first kappa shape index (κ1) is 15.2. The fourth-order valence-corrected chi connectivity index (χ4v) is 2.38. The van der Waals surface area contributed by atoms with E-state index in [0.29, 0.717) is 17.9 Å².